The number of rotatable bonds is 37. The number of para-hydroxylation sites is 2. The highest BCUT2D eigenvalue weighted by molar-refractivity contribution is 7.49. The number of hydrogen-bond acceptors (Lipinski definition) is 28. The zero-order valence-corrected chi connectivity index (χ0v) is 72.4. The van der Waals surface area contributed by atoms with Crippen LogP contribution in [0.1, 0.15) is 130 Å². The maximum absolute atomic E-state index is 16.8. The quantitative estimate of drug-likeness (QED) is 0.0137. The third-order valence-electron chi connectivity index (χ3n) is 20.6. The van der Waals surface area contributed by atoms with Gasteiger partial charge in [0.2, 0.25) is 11.9 Å². The number of aryl methyl sites for hydroxylation is 1. The lowest BCUT2D eigenvalue weighted by molar-refractivity contribution is -0.119. The summed E-state index contributed by atoms with van der Waals surface area (Å²) in [6, 6.07) is 46.8. The number of halogens is 2. The van der Waals surface area contributed by atoms with Crippen molar-refractivity contribution in [3.8, 4) is 29.1 Å². The number of imidazole rings is 2. The summed E-state index contributed by atoms with van der Waals surface area (Å²) in [6.07, 6.45) is -7.62. The van der Waals surface area contributed by atoms with Crippen molar-refractivity contribution in [1.29, 1.82) is 5.26 Å². The Morgan fingerprint density at radius 3 is 1.74 bits per heavy atom. The van der Waals surface area contributed by atoms with E-state index in [0.717, 1.165) is 0 Å². The Morgan fingerprint density at radius 2 is 1.18 bits per heavy atom. The van der Waals surface area contributed by atoms with Crippen LogP contribution in [0.3, 0.4) is 0 Å². The van der Waals surface area contributed by atoms with Crippen LogP contribution in [0.25, 0.3) is 11.2 Å². The number of H-pyrrole nitrogens is 2. The van der Waals surface area contributed by atoms with Gasteiger partial charge in [0.05, 0.1) is 88.3 Å². The van der Waals surface area contributed by atoms with E-state index < -0.39 is 139 Å². The van der Waals surface area contributed by atoms with E-state index in [1.807, 2.05) is 111 Å². The van der Waals surface area contributed by atoms with Gasteiger partial charge in [0, 0.05) is 54.6 Å². The van der Waals surface area contributed by atoms with Gasteiger partial charge >= 0.3 is 21.3 Å². The second-order valence-electron chi connectivity index (χ2n) is 29.8. The van der Waals surface area contributed by atoms with E-state index in [1.54, 1.807) is 87.2 Å². The molecule has 0 spiro atoms. The third-order valence-corrected chi connectivity index (χ3v) is 26.2. The van der Waals surface area contributed by atoms with E-state index in [1.165, 1.54) is 65.5 Å². The summed E-state index contributed by atoms with van der Waals surface area (Å²) in [7, 11) is -9.52. The first-order valence-electron chi connectivity index (χ1n) is 39.5. The molecule has 0 bridgehead atoms. The molecule has 2 amide bonds. The van der Waals surface area contributed by atoms with Gasteiger partial charge in [0.25, 0.3) is 25.6 Å². The van der Waals surface area contributed by atoms with E-state index in [4.69, 9.17) is 97.8 Å². The number of aromatic nitrogens is 8. The highest BCUT2D eigenvalue weighted by Crippen LogP contribution is 2.59. The minimum Gasteiger partial charge on any atom is -0.497 e. The molecular weight excluding hydrogens is 1690 g/mol. The number of benzene rings is 6. The lowest BCUT2D eigenvalue weighted by Crippen LogP contribution is -2.39. The van der Waals surface area contributed by atoms with Gasteiger partial charge in [-0.25, -0.2) is 33.6 Å². The number of phosphoric acid groups is 2. The van der Waals surface area contributed by atoms with Crippen molar-refractivity contribution in [3.63, 3.8) is 0 Å². The predicted octanol–water partition coefficient (Wildman–Crippen LogP) is 14.2. The first-order valence-corrected chi connectivity index (χ1v) is 44.3. The molecule has 0 radical (unpaired) electrons. The summed E-state index contributed by atoms with van der Waals surface area (Å²) in [6.45, 7) is 10.7. The topological polar surface area (TPSA) is 409 Å². The standard InChI is InChI=1S/C83H91Cl2N14O21P3/c1-49(2)77(100)93-81-92-76-73(80(103)94-81)90-48-98(76)71-41-65(120-122(105,117-61-27-18-16-25-59(61)84)111-44-67-63(39-69(114-67)96-42-52(7)78(101)95-82(96)104)116-121(110-38-20-37-86)99(50(3)4)51(5)6)68(115-71)45-112-123(106,118-62-28-19-17-26-60(62)85)119-64-40-70(97-47-89-72-74(87-46-88-75(72)97)91-79(102)53-21-12-10-13-22-53)113-66(64)43-109-83(54-23-14-11-15-24-54,55-29-33-57(107-8)34-30-55)56-31-35-58(108-9)36-32-56/h10-19,21-36,42,46-51,63-71,74H,20,38-41,43-45H2,1-9H3,(H,87,88)(H,91,102)(H,95,101,104)(H2,92,93,94,100,103)/t63-,64-,65-,66+,67+,68+,69+,70+,71+,74?,121?,122?,123?/m0/s1. The molecule has 4 aliphatic rings. The van der Waals surface area contributed by atoms with Crippen LogP contribution < -0.4 is 51.3 Å². The van der Waals surface area contributed by atoms with Crippen molar-refractivity contribution in [1.82, 2.24) is 53.9 Å². The normalized spacial score (nSPS) is 21.3. The molecule has 648 valence electrons. The summed E-state index contributed by atoms with van der Waals surface area (Å²) < 4.78 is 132. The maximum Gasteiger partial charge on any atom is 0.530 e. The van der Waals surface area contributed by atoms with Gasteiger partial charge in [0.1, 0.15) is 89.7 Å². The van der Waals surface area contributed by atoms with E-state index in [9.17, 15) is 29.2 Å². The average molecular weight is 1780 g/mol. The number of phosphoric ester groups is 2. The lowest BCUT2D eigenvalue weighted by atomic mass is 9.80. The van der Waals surface area contributed by atoms with Crippen molar-refractivity contribution in [2.45, 2.75) is 153 Å². The molecule has 40 heteroatoms. The number of carbonyl (C=O) groups excluding carboxylic acids is 2. The fourth-order valence-electron chi connectivity index (χ4n) is 14.5. The van der Waals surface area contributed by atoms with Crippen LogP contribution in [0.4, 0.5) is 11.8 Å². The van der Waals surface area contributed by atoms with Gasteiger partial charge in [-0.05, 0) is 112 Å². The number of nitriles is 1. The SMILES string of the molecule is COc1ccc(C(OC[C@H]2O[C@@H](n3cnc4c3N=CNC4NC(=O)c3ccccc3)C[C@@H]2OP(=O)(OC[C@H]2O[C@@H](n3cnc4c(=O)[nH]c(NC(=O)C(C)C)nc43)C[C@@H]2OP(=O)(OC[C@H]2O[C@@H](n3cc(C)c(=O)[nH]c3=O)C[C@@H]2OP(OCCC#N)N(C(C)C)C(C)C)Oc2ccccc2Cl)Oc2ccccc2Cl)(c2ccccc2)c2ccc(OC)cc2)cc1. The Kier molecular flexibility index (Phi) is 28.4. The van der Waals surface area contributed by atoms with Crippen molar-refractivity contribution >= 4 is 88.5 Å². The van der Waals surface area contributed by atoms with Crippen LogP contribution in [0.2, 0.25) is 10.0 Å². The number of aromatic amines is 2. The fourth-order valence-corrected chi connectivity index (χ4v) is 19.6. The lowest BCUT2D eigenvalue weighted by Gasteiger charge is -2.37. The van der Waals surface area contributed by atoms with Gasteiger partial charge in [-0.3, -0.25) is 66.3 Å². The van der Waals surface area contributed by atoms with Crippen molar-refractivity contribution in [3.05, 3.63) is 251 Å². The summed E-state index contributed by atoms with van der Waals surface area (Å²) in [5.41, 5.74) is -1.05. The number of nitrogens with zero attached hydrogens (tertiary/aromatic N) is 9. The van der Waals surface area contributed by atoms with E-state index in [-0.39, 0.29) is 101 Å². The average Bonchev–Trinajstić information content (AvgIpc) is 1.75. The number of carbonyl (C=O) groups is 2. The zero-order chi connectivity index (χ0) is 86.9. The van der Waals surface area contributed by atoms with Gasteiger partial charge in [-0.2, -0.15) is 10.2 Å². The zero-order valence-electron chi connectivity index (χ0n) is 68.2. The molecular formula is C83H91Cl2N14O21P3. The molecule has 6 aromatic carbocycles. The number of fused-ring (bicyclic) bond motifs is 2. The minimum atomic E-state index is -5.32. The number of aliphatic imine (C=N–C) groups is 1. The monoisotopic (exact) mass is 1780 g/mol. The minimum absolute atomic E-state index is 0.0143. The molecule has 4 aromatic heterocycles. The molecule has 4 unspecified atom stereocenters. The molecule has 3 fully saturated rings. The largest absolute Gasteiger partial charge is 0.530 e. The molecule has 35 nitrogen and oxygen atoms in total. The molecule has 5 N–H and O–H groups in total. The Labute approximate surface area is 717 Å². The third kappa shape index (κ3) is 20.4. The van der Waals surface area contributed by atoms with Crippen LogP contribution in [0.15, 0.2) is 196 Å². The van der Waals surface area contributed by atoms with Crippen LogP contribution in [-0.2, 0) is 65.6 Å². The Bertz CT molecular complexity index is 5690. The van der Waals surface area contributed by atoms with E-state index in [0.29, 0.717) is 39.4 Å². The first-order chi connectivity index (χ1) is 59.2. The molecule has 0 saturated carbocycles. The van der Waals surface area contributed by atoms with Gasteiger partial charge < -0.3 is 57.1 Å². The number of amides is 2. The fraction of sp³-hybridized carbons (Fsp3) is 0.373. The van der Waals surface area contributed by atoms with Crippen molar-refractivity contribution in [2.24, 2.45) is 10.9 Å². The number of nitrogens with one attached hydrogen (secondary N) is 5. The molecule has 0 aliphatic carbocycles. The van der Waals surface area contributed by atoms with E-state index >= 15 is 9.13 Å². The molecule has 10 aromatic rings. The van der Waals surface area contributed by atoms with Crippen molar-refractivity contribution in [2.75, 3.05) is 46.0 Å². The second-order valence-corrected chi connectivity index (χ2v) is 35.1. The molecule has 8 heterocycles. The maximum atomic E-state index is 16.8. The summed E-state index contributed by atoms with van der Waals surface area (Å²) in [5.74, 6) is -0.614. The number of hydrogen-bond donors (Lipinski definition) is 5. The van der Waals surface area contributed by atoms with Gasteiger partial charge in [-0.15, -0.1) is 0 Å². The summed E-state index contributed by atoms with van der Waals surface area (Å²) in [4.78, 5) is 90.7. The number of ether oxygens (including phenoxy) is 6. The smallest absolute Gasteiger partial charge is 0.497 e. The summed E-state index contributed by atoms with van der Waals surface area (Å²) >= 11 is 13.8. The Morgan fingerprint density at radius 1 is 0.659 bits per heavy atom. The first kappa shape index (κ1) is 89.0. The number of anilines is 1. The van der Waals surface area contributed by atoms with Crippen LogP contribution in [0.5, 0.6) is 23.0 Å². The predicted molar refractivity (Wildman–Crippen MR) is 453 cm³/mol. The van der Waals surface area contributed by atoms with Gasteiger partial charge in [-0.1, -0.05) is 134 Å². The molecule has 3 saturated heterocycles. The highest BCUT2D eigenvalue weighted by atomic mass is 35.5. The van der Waals surface area contributed by atoms with Crippen molar-refractivity contribution < 1.29 is 83.3 Å². The molecule has 123 heavy (non-hydrogen) atoms. The molecule has 13 atom stereocenters. The molecule has 4 aliphatic heterocycles. The Balaban J connectivity index is 0.852. The molecule has 14 rings (SSSR count). The van der Waals surface area contributed by atoms with Crippen LogP contribution in [-0.4, -0.2) is 151 Å². The van der Waals surface area contributed by atoms with Crippen LogP contribution >= 0.6 is 47.4 Å². The number of methoxy groups -OCH3 is 2. The van der Waals surface area contributed by atoms with Crippen LogP contribution in [0, 0.1) is 24.2 Å². The van der Waals surface area contributed by atoms with E-state index in [2.05, 4.69) is 42.0 Å². The van der Waals surface area contributed by atoms with Gasteiger partial charge in [0.15, 0.2) is 17.0 Å². The summed E-state index contributed by atoms with van der Waals surface area (Å²) in [5, 5.41) is 18.3. The highest BCUT2D eigenvalue weighted by Gasteiger charge is 2.52. The Hall–Kier alpha value is -10.3. The second kappa shape index (κ2) is 39.3.